The predicted molar refractivity (Wildman–Crippen MR) is 90.2 cm³/mol. The lowest BCUT2D eigenvalue weighted by Gasteiger charge is -2.38. The van der Waals surface area contributed by atoms with Crippen LogP contribution in [0.1, 0.15) is 24.8 Å². The minimum Gasteiger partial charge on any atom is -0.308 e. The number of hydrogen-bond donors (Lipinski definition) is 0. The van der Waals surface area contributed by atoms with E-state index >= 15 is 0 Å². The minimum atomic E-state index is 0.603. The summed E-state index contributed by atoms with van der Waals surface area (Å²) in [6.07, 6.45) is 6.76. The monoisotopic (exact) mass is 284 g/mol. The Kier molecular flexibility index (Phi) is 4.46. The Morgan fingerprint density at radius 2 is 1.76 bits per heavy atom. The smallest absolute Gasteiger partial charge is 0.0376 e. The van der Waals surface area contributed by atoms with Gasteiger partial charge in [0, 0.05) is 19.1 Å². The first-order chi connectivity index (χ1) is 10.1. The lowest BCUT2D eigenvalue weighted by molar-refractivity contribution is 0.198. The molecule has 2 heteroatoms. The Morgan fingerprint density at radius 3 is 2.48 bits per heavy atom. The summed E-state index contributed by atoms with van der Waals surface area (Å²) in [6.45, 7) is 2.27. The Hall–Kier alpha value is -1.12. The maximum Gasteiger partial charge on any atom is 0.0376 e. The van der Waals surface area contributed by atoms with Crippen molar-refractivity contribution in [2.75, 3.05) is 34.2 Å². The van der Waals surface area contributed by atoms with E-state index in [2.05, 4.69) is 67.4 Å². The molecule has 1 aromatic rings. The Morgan fingerprint density at radius 1 is 1.00 bits per heavy atom. The average Bonchev–Trinajstić information content (AvgIpc) is 2.87. The van der Waals surface area contributed by atoms with Gasteiger partial charge in [0.05, 0.1) is 0 Å². The molecule has 0 heterocycles. The van der Waals surface area contributed by atoms with Crippen molar-refractivity contribution in [2.24, 2.45) is 11.8 Å². The van der Waals surface area contributed by atoms with Crippen LogP contribution in [0.25, 0.3) is 5.57 Å². The van der Waals surface area contributed by atoms with E-state index in [1.54, 1.807) is 5.57 Å². The second-order valence-corrected chi connectivity index (χ2v) is 7.05. The van der Waals surface area contributed by atoms with Gasteiger partial charge in [-0.05, 0) is 63.4 Å². The first-order valence-electron chi connectivity index (χ1n) is 8.27. The predicted octanol–water partition coefficient (Wildman–Crippen LogP) is 3.36. The topological polar surface area (TPSA) is 6.48 Å². The first-order valence-corrected chi connectivity index (χ1v) is 8.27. The molecule has 0 N–H and O–H groups in total. The van der Waals surface area contributed by atoms with Crippen molar-refractivity contribution in [1.29, 1.82) is 0 Å². The third kappa shape index (κ3) is 3.22. The molecule has 2 aliphatic carbocycles. The lowest BCUT2D eigenvalue weighted by atomic mass is 9.81. The van der Waals surface area contributed by atoms with Gasteiger partial charge in [-0.1, -0.05) is 36.4 Å². The van der Waals surface area contributed by atoms with Crippen molar-refractivity contribution in [1.82, 2.24) is 9.80 Å². The van der Waals surface area contributed by atoms with Gasteiger partial charge in [-0.25, -0.2) is 0 Å². The molecular formula is C19H28N2. The number of nitrogens with zero attached hydrogens (tertiary/aromatic N) is 2. The average molecular weight is 284 g/mol. The molecule has 3 rings (SSSR count). The molecule has 1 saturated carbocycles. The van der Waals surface area contributed by atoms with Crippen LogP contribution in [0, 0.1) is 11.8 Å². The quantitative estimate of drug-likeness (QED) is 0.818. The summed E-state index contributed by atoms with van der Waals surface area (Å²) in [4.78, 5) is 4.87. The van der Waals surface area contributed by atoms with E-state index in [1.807, 2.05) is 0 Å². The van der Waals surface area contributed by atoms with Crippen LogP contribution in [0.15, 0.2) is 36.4 Å². The van der Waals surface area contributed by atoms with Crippen LogP contribution in [0.4, 0.5) is 0 Å². The minimum absolute atomic E-state index is 0.603. The fourth-order valence-corrected chi connectivity index (χ4v) is 4.09. The maximum atomic E-state index is 2.59. The molecule has 1 fully saturated rings. The molecule has 3 atom stereocenters. The zero-order valence-corrected chi connectivity index (χ0v) is 13.6. The summed E-state index contributed by atoms with van der Waals surface area (Å²) in [6, 6.07) is 11.6. The van der Waals surface area contributed by atoms with Crippen molar-refractivity contribution in [3.8, 4) is 0 Å². The summed E-state index contributed by atoms with van der Waals surface area (Å²) >= 11 is 0. The molecule has 21 heavy (non-hydrogen) atoms. The fraction of sp³-hybridized carbons (Fsp3) is 0.579. The van der Waals surface area contributed by atoms with Crippen molar-refractivity contribution in [3.63, 3.8) is 0 Å². The Balaban J connectivity index is 1.84. The van der Waals surface area contributed by atoms with Crippen LogP contribution in [-0.2, 0) is 0 Å². The zero-order valence-electron chi connectivity index (χ0n) is 13.6. The molecule has 0 aliphatic heterocycles. The molecule has 0 spiro atoms. The van der Waals surface area contributed by atoms with Crippen LogP contribution in [0.5, 0.6) is 0 Å². The molecule has 0 radical (unpaired) electrons. The van der Waals surface area contributed by atoms with Crippen molar-refractivity contribution in [3.05, 3.63) is 42.0 Å². The van der Waals surface area contributed by atoms with Gasteiger partial charge in [0.2, 0.25) is 0 Å². The molecule has 1 aromatic carbocycles. The first kappa shape index (κ1) is 14.8. The highest BCUT2D eigenvalue weighted by atomic mass is 15.2. The summed E-state index contributed by atoms with van der Waals surface area (Å²) in [5.41, 5.74) is 3.01. The fourth-order valence-electron chi connectivity index (χ4n) is 4.09. The summed E-state index contributed by atoms with van der Waals surface area (Å²) < 4.78 is 0. The molecule has 114 valence electrons. The van der Waals surface area contributed by atoms with Crippen molar-refractivity contribution in [2.45, 2.75) is 25.3 Å². The SMILES string of the molecule is CN(C)CCN(C)[C@@H]1C(c2ccccc2)=CC2CCC1C2. The van der Waals surface area contributed by atoms with Gasteiger partial charge in [0.1, 0.15) is 0 Å². The summed E-state index contributed by atoms with van der Waals surface area (Å²) in [5, 5.41) is 0. The van der Waals surface area contributed by atoms with Gasteiger partial charge in [-0.2, -0.15) is 0 Å². The van der Waals surface area contributed by atoms with Gasteiger partial charge >= 0.3 is 0 Å². The lowest BCUT2D eigenvalue weighted by Crippen LogP contribution is -2.42. The van der Waals surface area contributed by atoms with E-state index in [0.717, 1.165) is 24.9 Å². The highest BCUT2D eigenvalue weighted by Gasteiger charge is 2.38. The van der Waals surface area contributed by atoms with Gasteiger partial charge in [0.25, 0.3) is 0 Å². The number of fused-ring (bicyclic) bond motifs is 2. The normalized spacial score (nSPS) is 28.2. The van der Waals surface area contributed by atoms with E-state index in [-0.39, 0.29) is 0 Å². The van der Waals surface area contributed by atoms with Crippen molar-refractivity contribution >= 4 is 5.57 Å². The Bertz CT molecular complexity index is 492. The van der Waals surface area contributed by atoms with Gasteiger partial charge < -0.3 is 4.90 Å². The van der Waals surface area contributed by atoms with Crippen LogP contribution >= 0.6 is 0 Å². The molecule has 0 saturated heterocycles. The molecule has 2 nitrogen and oxygen atoms in total. The van der Waals surface area contributed by atoms with E-state index < -0.39 is 0 Å². The second-order valence-electron chi connectivity index (χ2n) is 7.05. The second kappa shape index (κ2) is 6.33. The molecule has 2 bridgehead atoms. The van der Waals surface area contributed by atoms with Gasteiger partial charge in [-0.3, -0.25) is 4.90 Å². The molecule has 2 unspecified atom stereocenters. The van der Waals surface area contributed by atoms with E-state index in [0.29, 0.717) is 6.04 Å². The number of benzene rings is 1. The molecule has 2 aliphatic rings. The van der Waals surface area contributed by atoms with Gasteiger partial charge in [0.15, 0.2) is 0 Å². The number of allylic oxidation sites excluding steroid dienone is 1. The largest absolute Gasteiger partial charge is 0.308 e. The van der Waals surface area contributed by atoms with E-state index in [4.69, 9.17) is 0 Å². The number of hydrogen-bond acceptors (Lipinski definition) is 2. The van der Waals surface area contributed by atoms with E-state index in [1.165, 1.54) is 24.8 Å². The number of rotatable bonds is 5. The molecule has 0 aromatic heterocycles. The van der Waals surface area contributed by atoms with Crippen molar-refractivity contribution < 1.29 is 0 Å². The molecule has 0 amide bonds. The summed E-state index contributed by atoms with van der Waals surface area (Å²) in [5.74, 6) is 1.67. The van der Waals surface area contributed by atoms with Gasteiger partial charge in [-0.15, -0.1) is 0 Å². The third-order valence-electron chi connectivity index (χ3n) is 5.18. The standard InChI is InChI=1S/C19H28N2/c1-20(2)11-12-21(3)19-17-10-9-15(13-17)14-18(19)16-7-5-4-6-8-16/h4-8,14-15,17,19H,9-13H2,1-3H3/t15?,17?,19-/m0/s1. The summed E-state index contributed by atoms with van der Waals surface area (Å²) in [7, 11) is 6.63. The zero-order chi connectivity index (χ0) is 14.8. The Labute approximate surface area is 129 Å². The maximum absolute atomic E-state index is 2.59. The van der Waals surface area contributed by atoms with Crippen LogP contribution in [-0.4, -0.2) is 50.1 Å². The van der Waals surface area contributed by atoms with Crippen LogP contribution in [0.2, 0.25) is 0 Å². The van der Waals surface area contributed by atoms with Crippen LogP contribution in [0.3, 0.4) is 0 Å². The third-order valence-corrected chi connectivity index (χ3v) is 5.18. The highest BCUT2D eigenvalue weighted by molar-refractivity contribution is 5.71. The van der Waals surface area contributed by atoms with Crippen LogP contribution < -0.4 is 0 Å². The number of likely N-dealkylation sites (N-methyl/N-ethyl adjacent to an activating group) is 2. The highest BCUT2D eigenvalue weighted by Crippen LogP contribution is 2.45. The van der Waals surface area contributed by atoms with E-state index in [9.17, 15) is 0 Å². The molecular weight excluding hydrogens is 256 g/mol.